The lowest BCUT2D eigenvalue weighted by Crippen LogP contribution is -2.46. The van der Waals surface area contributed by atoms with Crippen LogP contribution in [-0.2, 0) is 24.4 Å². The van der Waals surface area contributed by atoms with Crippen molar-refractivity contribution in [2.75, 3.05) is 37.7 Å². The van der Waals surface area contributed by atoms with Gasteiger partial charge in [0.1, 0.15) is 24.0 Å². The lowest BCUT2D eigenvalue weighted by molar-refractivity contribution is -0.0592. The summed E-state index contributed by atoms with van der Waals surface area (Å²) in [7, 11) is 0. The second-order valence-electron chi connectivity index (χ2n) is 10.2. The molecule has 0 bridgehead atoms. The second kappa shape index (κ2) is 11.4. The van der Waals surface area contributed by atoms with Crippen molar-refractivity contribution in [1.82, 2.24) is 14.5 Å². The van der Waals surface area contributed by atoms with Gasteiger partial charge in [-0.2, -0.15) is 0 Å². The number of imidazole rings is 1. The van der Waals surface area contributed by atoms with Gasteiger partial charge in [0.25, 0.3) is 0 Å². The van der Waals surface area contributed by atoms with Gasteiger partial charge < -0.3 is 24.0 Å². The summed E-state index contributed by atoms with van der Waals surface area (Å²) in [6.07, 6.45) is 1.13. The Hall–Kier alpha value is -3.66. The van der Waals surface area contributed by atoms with Gasteiger partial charge in [-0.25, -0.2) is 14.2 Å². The van der Waals surface area contributed by atoms with Crippen molar-refractivity contribution >= 4 is 34.3 Å². The molecule has 0 radical (unpaired) electrons. The minimum absolute atomic E-state index is 0.126. The van der Waals surface area contributed by atoms with Crippen molar-refractivity contribution in [3.63, 3.8) is 0 Å². The average Bonchev–Trinajstić information content (AvgIpc) is 3.26. The van der Waals surface area contributed by atoms with Gasteiger partial charge in [-0.05, 0) is 48.9 Å². The fourth-order valence-electron chi connectivity index (χ4n) is 5.20. The zero-order chi connectivity index (χ0) is 27.6. The molecule has 0 saturated carbocycles. The molecule has 1 aromatic heterocycles. The van der Waals surface area contributed by atoms with Crippen molar-refractivity contribution in [3.8, 4) is 5.75 Å². The van der Waals surface area contributed by atoms with Crippen LogP contribution in [0.5, 0.6) is 5.75 Å². The van der Waals surface area contributed by atoms with Crippen LogP contribution in [0.25, 0.3) is 11.0 Å². The van der Waals surface area contributed by atoms with E-state index in [1.54, 1.807) is 30.3 Å². The first kappa shape index (κ1) is 26.6. The van der Waals surface area contributed by atoms with Crippen LogP contribution < -0.4 is 9.64 Å². The maximum Gasteiger partial charge on any atom is 0.335 e. The molecule has 2 aliphatic rings. The number of anilines is 1. The monoisotopic (exact) mass is 564 g/mol. The first-order valence-electron chi connectivity index (χ1n) is 13.4. The number of aromatic carboxylic acids is 1. The Bertz CT molecular complexity index is 1530. The summed E-state index contributed by atoms with van der Waals surface area (Å²) < 4.78 is 27.8. The number of rotatable bonds is 9. The fraction of sp³-hybridized carbons (Fsp3) is 0.333. The van der Waals surface area contributed by atoms with E-state index in [4.69, 9.17) is 26.1 Å². The summed E-state index contributed by atoms with van der Waals surface area (Å²) >= 11 is 5.85. The van der Waals surface area contributed by atoms with E-state index in [0.717, 1.165) is 61.8 Å². The van der Waals surface area contributed by atoms with Crippen LogP contribution in [0.2, 0.25) is 5.02 Å². The number of fused-ring (bicyclic) bond motifs is 1. The van der Waals surface area contributed by atoms with Crippen LogP contribution in [0.3, 0.4) is 0 Å². The zero-order valence-corrected chi connectivity index (χ0v) is 22.7. The maximum absolute atomic E-state index is 14.1. The minimum atomic E-state index is -0.946. The molecule has 10 heteroatoms. The molecule has 2 aliphatic heterocycles. The normalized spacial score (nSPS) is 17.6. The number of piperazine rings is 1. The highest BCUT2D eigenvalue weighted by atomic mass is 35.5. The van der Waals surface area contributed by atoms with Crippen LogP contribution in [0, 0.1) is 5.82 Å². The summed E-state index contributed by atoms with van der Waals surface area (Å²) in [5.74, 6) is 0.280. The quantitative estimate of drug-likeness (QED) is 0.299. The molecule has 208 valence electrons. The van der Waals surface area contributed by atoms with Gasteiger partial charge in [-0.1, -0.05) is 23.7 Å². The molecule has 0 unspecified atom stereocenters. The van der Waals surface area contributed by atoms with E-state index in [0.29, 0.717) is 29.4 Å². The zero-order valence-electron chi connectivity index (χ0n) is 21.9. The highest BCUT2D eigenvalue weighted by Crippen LogP contribution is 2.26. The summed E-state index contributed by atoms with van der Waals surface area (Å²) in [6, 6.07) is 17.6. The van der Waals surface area contributed by atoms with Gasteiger partial charge in [0.2, 0.25) is 0 Å². The van der Waals surface area contributed by atoms with E-state index < -0.39 is 5.97 Å². The minimum Gasteiger partial charge on any atom is -0.489 e. The van der Waals surface area contributed by atoms with E-state index in [9.17, 15) is 14.3 Å². The Labute approximate surface area is 236 Å². The van der Waals surface area contributed by atoms with E-state index >= 15 is 0 Å². The predicted octanol–water partition coefficient (Wildman–Crippen LogP) is 5.22. The summed E-state index contributed by atoms with van der Waals surface area (Å²) in [5.41, 5.74) is 3.40. The largest absolute Gasteiger partial charge is 0.489 e. The molecule has 40 heavy (non-hydrogen) atoms. The number of hydrogen-bond donors (Lipinski definition) is 1. The van der Waals surface area contributed by atoms with Gasteiger partial charge in [0.05, 0.1) is 35.8 Å². The van der Waals surface area contributed by atoms with Crippen LogP contribution >= 0.6 is 11.6 Å². The first-order chi connectivity index (χ1) is 19.4. The molecule has 0 aliphatic carbocycles. The van der Waals surface area contributed by atoms with Crippen molar-refractivity contribution in [2.45, 2.75) is 32.2 Å². The molecule has 2 saturated heterocycles. The third-order valence-electron chi connectivity index (χ3n) is 7.58. The van der Waals surface area contributed by atoms with E-state index in [-0.39, 0.29) is 24.1 Å². The molecule has 8 nitrogen and oxygen atoms in total. The highest BCUT2D eigenvalue weighted by Gasteiger charge is 2.25. The summed E-state index contributed by atoms with van der Waals surface area (Å²) in [5, 5.41) is 9.85. The molecule has 0 amide bonds. The first-order valence-corrected chi connectivity index (χ1v) is 13.8. The van der Waals surface area contributed by atoms with Crippen LogP contribution in [0.4, 0.5) is 10.1 Å². The highest BCUT2D eigenvalue weighted by molar-refractivity contribution is 6.30. The topological polar surface area (TPSA) is 80.1 Å². The van der Waals surface area contributed by atoms with Crippen molar-refractivity contribution in [3.05, 3.63) is 88.5 Å². The molecular formula is C30H30ClFN4O4. The van der Waals surface area contributed by atoms with Crippen molar-refractivity contribution in [1.29, 1.82) is 0 Å². The number of benzene rings is 3. The van der Waals surface area contributed by atoms with Crippen molar-refractivity contribution < 1.29 is 23.8 Å². The predicted molar refractivity (Wildman–Crippen MR) is 151 cm³/mol. The van der Waals surface area contributed by atoms with E-state index in [1.807, 2.05) is 18.2 Å². The number of carboxylic acid groups (broad SMARTS) is 1. The molecule has 0 spiro atoms. The van der Waals surface area contributed by atoms with Crippen LogP contribution in [-0.4, -0.2) is 64.4 Å². The molecule has 2 fully saturated rings. The summed E-state index contributed by atoms with van der Waals surface area (Å²) in [6.45, 7) is 5.61. The van der Waals surface area contributed by atoms with Crippen LogP contribution in [0.15, 0.2) is 60.7 Å². The maximum atomic E-state index is 14.1. The second-order valence-corrected chi connectivity index (χ2v) is 10.7. The molecule has 6 rings (SSSR count). The molecule has 3 aromatic carbocycles. The Balaban J connectivity index is 1.11. The van der Waals surface area contributed by atoms with Gasteiger partial charge in [0, 0.05) is 55.1 Å². The number of nitrogens with zero attached hydrogens (tertiary/aromatic N) is 4. The lowest BCUT2D eigenvalue weighted by atomic mass is 10.1. The Morgan fingerprint density at radius 2 is 1.93 bits per heavy atom. The number of ether oxygens (including phenoxy) is 2. The standard InChI is InChI=1S/C30H30ClFN4O4/c31-22-6-4-21(26(32)15-22)19-40-24-3-1-2-23(16-24)35-11-9-34(10-12-35)18-29-33-27-7-5-20(30(37)38)14-28(27)36(29)17-25-8-13-39-25/h1-7,14-16,25H,8-13,17-19H2,(H,37,38)/t25-/m0/s1. The molecule has 4 aromatic rings. The Kier molecular flexibility index (Phi) is 7.60. The number of halogens is 2. The SMILES string of the molecule is O=C(O)c1ccc2nc(CN3CCN(c4cccc(OCc5ccc(Cl)cc5F)c4)CC3)n(C[C@@H]3CCO3)c2c1. The van der Waals surface area contributed by atoms with Gasteiger partial charge in [-0.15, -0.1) is 0 Å². The Morgan fingerprint density at radius 3 is 2.65 bits per heavy atom. The van der Waals surface area contributed by atoms with Crippen LogP contribution in [0.1, 0.15) is 28.2 Å². The van der Waals surface area contributed by atoms with Gasteiger partial charge in [-0.3, -0.25) is 4.90 Å². The van der Waals surface area contributed by atoms with Gasteiger partial charge >= 0.3 is 5.97 Å². The fourth-order valence-corrected chi connectivity index (χ4v) is 5.36. The number of carbonyl (C=O) groups is 1. The average molecular weight is 565 g/mol. The lowest BCUT2D eigenvalue weighted by Gasteiger charge is -2.36. The number of aromatic nitrogens is 2. The number of carboxylic acids is 1. The van der Waals surface area contributed by atoms with E-state index in [2.05, 4.69) is 20.4 Å². The molecule has 1 N–H and O–H groups in total. The van der Waals surface area contributed by atoms with E-state index in [1.165, 1.54) is 6.07 Å². The third kappa shape index (κ3) is 5.77. The molecular weight excluding hydrogens is 535 g/mol. The third-order valence-corrected chi connectivity index (χ3v) is 7.82. The number of hydrogen-bond acceptors (Lipinski definition) is 6. The molecule has 3 heterocycles. The molecule has 1 atom stereocenters. The van der Waals surface area contributed by atoms with Gasteiger partial charge in [0.15, 0.2) is 0 Å². The Morgan fingerprint density at radius 1 is 1.10 bits per heavy atom. The smallest absolute Gasteiger partial charge is 0.335 e. The van der Waals surface area contributed by atoms with Crippen molar-refractivity contribution in [2.24, 2.45) is 0 Å². The summed E-state index contributed by atoms with van der Waals surface area (Å²) in [4.78, 5) is 21.1.